The van der Waals surface area contributed by atoms with Crippen LogP contribution in [-0.4, -0.2) is 12.1 Å². The Bertz CT molecular complexity index is 46.1. The van der Waals surface area contributed by atoms with Gasteiger partial charge in [-0.15, -0.1) is 0 Å². The zero-order chi connectivity index (χ0) is 4.99. The zero-order valence-electron chi connectivity index (χ0n) is 3.81. The average Bonchev–Trinajstić information content (AvgIpc) is 1.65. The van der Waals surface area contributed by atoms with Crippen LogP contribution in [-0.2, 0) is 0 Å². The first kappa shape index (κ1) is 6.56. The number of hydrogen-bond donors (Lipinski definition) is 1. The second-order valence-electron chi connectivity index (χ2n) is 1.03. The minimum Gasteiger partial charge on any atom is -0.290 e. The molecule has 1 nitrogen and oxygen atoms in total. The summed E-state index contributed by atoms with van der Waals surface area (Å²) in [5, 5.41) is 2.96. The lowest BCUT2D eigenvalue weighted by atomic mass is 10.8. The zero-order valence-corrected chi connectivity index (χ0v) is 5.86. The third kappa shape index (κ3) is 2.78. The summed E-state index contributed by atoms with van der Waals surface area (Å²) in [4.78, 5) is 0. The van der Waals surface area contributed by atoms with Gasteiger partial charge in [-0.25, -0.2) is 0 Å². The quantitative estimate of drug-likeness (QED) is 0.539. The van der Waals surface area contributed by atoms with E-state index in [4.69, 9.17) is 0 Å². The van der Waals surface area contributed by atoms with E-state index in [2.05, 4.69) is 27.7 Å². The van der Waals surface area contributed by atoms with Gasteiger partial charge in [0.05, 0.1) is 0 Å². The van der Waals surface area contributed by atoms with E-state index in [9.17, 15) is 0 Å². The Morgan fingerprint density at radius 2 is 2.50 bits per heavy atom. The molecule has 6 heavy (non-hydrogen) atoms. The molecule has 0 radical (unpaired) electrons. The van der Waals surface area contributed by atoms with Gasteiger partial charge >= 0.3 is 0 Å². The van der Waals surface area contributed by atoms with E-state index in [1.165, 1.54) is 0 Å². The fourth-order valence-corrected chi connectivity index (χ4v) is 0.474. The highest BCUT2D eigenvalue weighted by molar-refractivity contribution is 7.38. The molecule has 2 unspecified atom stereocenters. The van der Waals surface area contributed by atoms with Gasteiger partial charge in [0.1, 0.15) is 0 Å². The van der Waals surface area contributed by atoms with Crippen LogP contribution in [0.25, 0.3) is 0 Å². The van der Waals surface area contributed by atoms with Crippen LogP contribution in [0.3, 0.4) is 0 Å². The standard InChI is InChI=1S/C3H9NP2/c1-3(4-5)6-2/h3-4H,2,5H2,1H3. The topological polar surface area (TPSA) is 12.0 Å². The molecule has 0 aliphatic rings. The van der Waals surface area contributed by atoms with Crippen molar-refractivity contribution in [1.29, 1.82) is 0 Å². The lowest BCUT2D eigenvalue weighted by molar-refractivity contribution is 0.959. The molecular formula is C3H9NP2. The monoisotopic (exact) mass is 121 g/mol. The molecule has 0 saturated heterocycles. The van der Waals surface area contributed by atoms with Crippen LogP contribution < -0.4 is 5.09 Å². The van der Waals surface area contributed by atoms with Crippen molar-refractivity contribution in [3.63, 3.8) is 0 Å². The summed E-state index contributed by atoms with van der Waals surface area (Å²) >= 11 is 0. The number of rotatable bonds is 2. The summed E-state index contributed by atoms with van der Waals surface area (Å²) < 4.78 is 0. The van der Waals surface area contributed by atoms with Gasteiger partial charge in [-0.3, -0.25) is 5.09 Å². The first-order valence-corrected chi connectivity index (χ1v) is 3.46. The molecule has 0 heterocycles. The normalized spacial score (nSPS) is 15.0. The molecule has 3 heteroatoms. The van der Waals surface area contributed by atoms with E-state index in [0.717, 1.165) is 8.20 Å². The first-order valence-electron chi connectivity index (χ1n) is 1.73. The molecule has 0 aliphatic heterocycles. The van der Waals surface area contributed by atoms with Crippen LogP contribution >= 0.6 is 17.6 Å². The van der Waals surface area contributed by atoms with Crippen LogP contribution in [0.1, 0.15) is 6.92 Å². The minimum atomic E-state index is 0.509. The average molecular weight is 121 g/mol. The summed E-state index contributed by atoms with van der Waals surface area (Å²) in [5.41, 5.74) is 0. The molecule has 36 valence electrons. The Morgan fingerprint density at radius 1 is 2.00 bits per heavy atom. The molecule has 0 bridgehead atoms. The van der Waals surface area contributed by atoms with Crippen molar-refractivity contribution in [2.75, 3.05) is 0 Å². The predicted octanol–water partition coefficient (Wildman–Crippen LogP) is 1.09. The molecule has 0 aromatic carbocycles. The summed E-state index contributed by atoms with van der Waals surface area (Å²) in [6, 6.07) is 0. The minimum absolute atomic E-state index is 0.509. The van der Waals surface area contributed by atoms with Crippen molar-refractivity contribution in [1.82, 2.24) is 5.09 Å². The van der Waals surface area contributed by atoms with Crippen LogP contribution in [0.15, 0.2) is 0 Å². The van der Waals surface area contributed by atoms with Gasteiger partial charge in [-0.1, -0.05) is 23.9 Å². The van der Waals surface area contributed by atoms with Crippen molar-refractivity contribution in [2.24, 2.45) is 0 Å². The maximum absolute atomic E-state index is 3.65. The van der Waals surface area contributed by atoms with Gasteiger partial charge in [0.2, 0.25) is 0 Å². The molecule has 0 aromatic heterocycles. The van der Waals surface area contributed by atoms with Gasteiger partial charge < -0.3 is 0 Å². The third-order valence-electron chi connectivity index (χ3n) is 0.515. The first-order chi connectivity index (χ1) is 2.81. The van der Waals surface area contributed by atoms with E-state index in [0.29, 0.717) is 5.78 Å². The Hall–Kier alpha value is 0.560. The highest BCUT2D eigenvalue weighted by Crippen LogP contribution is 1.99. The predicted molar refractivity (Wildman–Crippen MR) is 36.3 cm³/mol. The molecule has 0 spiro atoms. The van der Waals surface area contributed by atoms with Gasteiger partial charge in [0, 0.05) is 5.78 Å². The second-order valence-corrected chi connectivity index (χ2v) is 2.50. The summed E-state index contributed by atoms with van der Waals surface area (Å²) in [6.07, 6.45) is 3.65. The Morgan fingerprint density at radius 3 is 2.50 bits per heavy atom. The maximum Gasteiger partial charge on any atom is 0.0487 e. The molecule has 0 aromatic rings. The van der Waals surface area contributed by atoms with Gasteiger partial charge in [-0.2, -0.15) is 0 Å². The van der Waals surface area contributed by atoms with Crippen LogP contribution in [0.5, 0.6) is 0 Å². The van der Waals surface area contributed by atoms with Crippen molar-refractivity contribution in [3.8, 4) is 0 Å². The smallest absolute Gasteiger partial charge is 0.0487 e. The molecule has 2 atom stereocenters. The van der Waals surface area contributed by atoms with Crippen LogP contribution in [0, 0.1) is 0 Å². The van der Waals surface area contributed by atoms with E-state index in [1.807, 2.05) is 0 Å². The molecule has 1 N–H and O–H groups in total. The Labute approximate surface area is 42.6 Å². The second kappa shape index (κ2) is 3.74. The molecule has 0 aliphatic carbocycles. The highest BCUT2D eigenvalue weighted by Gasteiger charge is 1.82. The van der Waals surface area contributed by atoms with E-state index < -0.39 is 0 Å². The molecule has 0 amide bonds. The Kier molecular flexibility index (Phi) is 4.09. The van der Waals surface area contributed by atoms with E-state index >= 15 is 0 Å². The summed E-state index contributed by atoms with van der Waals surface area (Å²) in [7, 11) is 3.59. The van der Waals surface area contributed by atoms with E-state index in [1.54, 1.807) is 0 Å². The number of nitrogens with one attached hydrogen (secondary N) is 1. The van der Waals surface area contributed by atoms with Crippen LogP contribution in [0.2, 0.25) is 0 Å². The van der Waals surface area contributed by atoms with Crippen molar-refractivity contribution in [2.45, 2.75) is 12.7 Å². The fourth-order valence-electron chi connectivity index (χ4n) is 0.0527. The number of hydrogen-bond acceptors (Lipinski definition) is 1. The van der Waals surface area contributed by atoms with Gasteiger partial charge in [0.25, 0.3) is 0 Å². The van der Waals surface area contributed by atoms with Gasteiger partial charge in [-0.05, 0) is 6.92 Å². The van der Waals surface area contributed by atoms with Crippen molar-refractivity contribution < 1.29 is 0 Å². The molecule has 0 fully saturated rings. The van der Waals surface area contributed by atoms with Crippen LogP contribution in [0.4, 0.5) is 0 Å². The molecule has 0 saturated carbocycles. The molecular weight excluding hydrogens is 112 g/mol. The van der Waals surface area contributed by atoms with Crippen molar-refractivity contribution >= 4 is 23.9 Å². The summed E-state index contributed by atoms with van der Waals surface area (Å²) in [5.74, 6) is 0.509. The van der Waals surface area contributed by atoms with E-state index in [-0.39, 0.29) is 0 Å². The molecule has 0 rings (SSSR count). The fraction of sp³-hybridized carbons (Fsp3) is 0.667. The van der Waals surface area contributed by atoms with Gasteiger partial charge in [0.15, 0.2) is 0 Å². The lowest BCUT2D eigenvalue weighted by Crippen LogP contribution is -2.05. The summed E-state index contributed by atoms with van der Waals surface area (Å²) in [6.45, 7) is 2.07. The Balaban J connectivity index is 2.96. The highest BCUT2D eigenvalue weighted by atomic mass is 31.1. The third-order valence-corrected chi connectivity index (χ3v) is 1.99. The SMILES string of the molecule is C=PC(C)NP. The largest absolute Gasteiger partial charge is 0.290 e. The van der Waals surface area contributed by atoms with Crippen molar-refractivity contribution in [3.05, 3.63) is 0 Å². The maximum atomic E-state index is 3.65. The lowest BCUT2D eigenvalue weighted by Gasteiger charge is -1.96.